The van der Waals surface area contributed by atoms with Crippen LogP contribution in [0, 0.1) is 37.3 Å². The summed E-state index contributed by atoms with van der Waals surface area (Å²) in [5.41, 5.74) is 1.86. The van der Waals surface area contributed by atoms with Crippen LogP contribution in [0.5, 0.6) is 0 Å². The largest absolute Gasteiger partial charge is 0.278 e. The first kappa shape index (κ1) is 20.6. The van der Waals surface area contributed by atoms with Gasteiger partial charge in [0.1, 0.15) is 28.0 Å². The highest BCUT2D eigenvalue weighted by Crippen LogP contribution is 2.22. The van der Waals surface area contributed by atoms with Gasteiger partial charge in [0.2, 0.25) is 0 Å². The number of aromatic nitrogens is 3. The smallest absolute Gasteiger partial charge is 0.264 e. The third-order valence-corrected chi connectivity index (χ3v) is 5.52. The molecule has 0 aliphatic rings. The Balaban J connectivity index is 1.95. The molecule has 3 aromatic rings. The standard InChI is InChI=1S/C19H13ClF2N4O2S/c1-11-15(19(20)25-10-24-11)5-3-13-7-17(12(2)23-9-13)26-29(27,28)18-6-4-14(21)8-16(18)22/h4,6-10,26H,1-2H3. The molecule has 0 aliphatic carbocycles. The zero-order valence-corrected chi connectivity index (χ0v) is 16.7. The highest BCUT2D eigenvalue weighted by Gasteiger charge is 2.20. The molecule has 0 bridgehead atoms. The highest BCUT2D eigenvalue weighted by molar-refractivity contribution is 7.92. The van der Waals surface area contributed by atoms with Crippen LogP contribution in [0.15, 0.2) is 41.7 Å². The molecule has 29 heavy (non-hydrogen) atoms. The number of halogens is 3. The van der Waals surface area contributed by atoms with Gasteiger partial charge in [0.15, 0.2) is 0 Å². The van der Waals surface area contributed by atoms with Crippen molar-refractivity contribution in [2.75, 3.05) is 4.72 Å². The number of anilines is 1. The quantitative estimate of drug-likeness (QED) is 0.502. The molecule has 0 unspecified atom stereocenters. The molecule has 0 aliphatic heterocycles. The van der Waals surface area contributed by atoms with Gasteiger partial charge >= 0.3 is 0 Å². The molecule has 6 nitrogen and oxygen atoms in total. The van der Waals surface area contributed by atoms with Crippen LogP contribution in [0.2, 0.25) is 5.15 Å². The lowest BCUT2D eigenvalue weighted by atomic mass is 10.2. The van der Waals surface area contributed by atoms with Crippen LogP contribution in [0.3, 0.4) is 0 Å². The average Bonchev–Trinajstić information content (AvgIpc) is 2.63. The fraction of sp³-hybridized carbons (Fsp3) is 0.105. The Bertz CT molecular complexity index is 1250. The maximum absolute atomic E-state index is 13.9. The third-order valence-electron chi connectivity index (χ3n) is 3.84. The number of hydrogen-bond acceptors (Lipinski definition) is 5. The first-order valence-corrected chi connectivity index (χ1v) is 9.97. The zero-order chi connectivity index (χ0) is 21.2. The number of aryl methyl sites for hydroxylation is 2. The molecule has 148 valence electrons. The van der Waals surface area contributed by atoms with Crippen molar-refractivity contribution in [3.63, 3.8) is 0 Å². The van der Waals surface area contributed by atoms with Gasteiger partial charge in [-0.15, -0.1) is 0 Å². The summed E-state index contributed by atoms with van der Waals surface area (Å²) in [5.74, 6) is 3.57. The van der Waals surface area contributed by atoms with Crippen molar-refractivity contribution in [3.05, 3.63) is 76.1 Å². The van der Waals surface area contributed by atoms with Gasteiger partial charge in [0, 0.05) is 17.8 Å². The van der Waals surface area contributed by atoms with Crippen molar-refractivity contribution < 1.29 is 17.2 Å². The molecular weight excluding hydrogens is 422 g/mol. The molecule has 2 aromatic heterocycles. The Hall–Kier alpha value is -3.09. The normalized spacial score (nSPS) is 10.9. The summed E-state index contributed by atoms with van der Waals surface area (Å²) in [6.07, 6.45) is 2.77. The second-order valence-corrected chi connectivity index (χ2v) is 7.92. The molecule has 0 radical (unpaired) electrons. The van der Waals surface area contributed by atoms with E-state index in [4.69, 9.17) is 11.6 Å². The molecule has 10 heteroatoms. The van der Waals surface area contributed by atoms with Crippen molar-refractivity contribution in [3.8, 4) is 11.8 Å². The molecule has 2 heterocycles. The number of nitrogens with zero attached hydrogens (tertiary/aromatic N) is 3. The second-order valence-electron chi connectivity index (χ2n) is 5.91. The molecule has 1 N–H and O–H groups in total. The molecule has 0 amide bonds. The second kappa shape index (κ2) is 8.11. The lowest BCUT2D eigenvalue weighted by Gasteiger charge is -2.11. The minimum absolute atomic E-state index is 0.104. The third kappa shape index (κ3) is 4.67. The van der Waals surface area contributed by atoms with E-state index < -0.39 is 26.6 Å². The summed E-state index contributed by atoms with van der Waals surface area (Å²) in [7, 11) is -4.30. The number of hydrogen-bond donors (Lipinski definition) is 1. The van der Waals surface area contributed by atoms with Crippen LogP contribution in [-0.4, -0.2) is 23.4 Å². The Morgan fingerprint density at radius 2 is 1.79 bits per heavy atom. The summed E-state index contributed by atoms with van der Waals surface area (Å²) < 4.78 is 54.2. The van der Waals surface area contributed by atoms with Crippen LogP contribution < -0.4 is 4.72 Å². The lowest BCUT2D eigenvalue weighted by Crippen LogP contribution is -2.16. The van der Waals surface area contributed by atoms with E-state index in [0.717, 1.165) is 12.1 Å². The van der Waals surface area contributed by atoms with E-state index in [1.807, 2.05) is 0 Å². The Kier molecular flexibility index (Phi) is 5.77. The van der Waals surface area contributed by atoms with Gasteiger partial charge in [0.05, 0.1) is 22.6 Å². The fourth-order valence-electron chi connectivity index (χ4n) is 2.32. The number of nitrogens with one attached hydrogen (secondary N) is 1. The van der Waals surface area contributed by atoms with E-state index in [0.29, 0.717) is 28.6 Å². The minimum Gasteiger partial charge on any atom is -0.278 e. The van der Waals surface area contributed by atoms with Gasteiger partial charge in [-0.05, 0) is 32.0 Å². The Labute approximate surface area is 171 Å². The fourth-order valence-corrected chi connectivity index (χ4v) is 3.72. The highest BCUT2D eigenvalue weighted by atomic mass is 35.5. The number of benzene rings is 1. The van der Waals surface area contributed by atoms with E-state index >= 15 is 0 Å². The Morgan fingerprint density at radius 3 is 2.48 bits per heavy atom. The zero-order valence-electron chi connectivity index (χ0n) is 15.2. The van der Waals surface area contributed by atoms with Crippen molar-refractivity contribution in [1.29, 1.82) is 0 Å². The predicted octanol–water partition coefficient (Wildman–Crippen LogP) is 3.62. The Morgan fingerprint density at radius 1 is 1.03 bits per heavy atom. The van der Waals surface area contributed by atoms with E-state index in [2.05, 4.69) is 31.5 Å². The van der Waals surface area contributed by atoms with Gasteiger partial charge in [-0.25, -0.2) is 27.2 Å². The number of pyridine rings is 1. The van der Waals surface area contributed by atoms with Crippen LogP contribution in [0.4, 0.5) is 14.5 Å². The van der Waals surface area contributed by atoms with Crippen molar-refractivity contribution in [2.45, 2.75) is 18.7 Å². The molecule has 0 atom stereocenters. The van der Waals surface area contributed by atoms with Crippen molar-refractivity contribution in [2.24, 2.45) is 0 Å². The predicted molar refractivity (Wildman–Crippen MR) is 104 cm³/mol. The summed E-state index contributed by atoms with van der Waals surface area (Å²) >= 11 is 6.01. The molecular formula is C19H13ClF2N4O2S. The molecule has 0 saturated heterocycles. The van der Waals surface area contributed by atoms with Gasteiger partial charge in [-0.2, -0.15) is 0 Å². The lowest BCUT2D eigenvalue weighted by molar-refractivity contribution is 0.551. The molecule has 3 rings (SSSR count). The summed E-state index contributed by atoms with van der Waals surface area (Å²) in [6, 6.07) is 3.65. The summed E-state index contributed by atoms with van der Waals surface area (Å²) in [5, 5.41) is 0.192. The molecule has 0 saturated carbocycles. The molecule has 0 fully saturated rings. The maximum atomic E-state index is 13.9. The molecule has 0 spiro atoms. The van der Waals surface area contributed by atoms with Crippen molar-refractivity contribution in [1.82, 2.24) is 15.0 Å². The van der Waals surface area contributed by atoms with E-state index in [1.54, 1.807) is 13.8 Å². The topological polar surface area (TPSA) is 84.8 Å². The van der Waals surface area contributed by atoms with Crippen LogP contribution in [0.25, 0.3) is 0 Å². The number of sulfonamides is 1. The molecule has 1 aromatic carbocycles. The average molecular weight is 435 g/mol. The van der Waals surface area contributed by atoms with Crippen LogP contribution in [-0.2, 0) is 10.0 Å². The monoisotopic (exact) mass is 434 g/mol. The van der Waals surface area contributed by atoms with Crippen molar-refractivity contribution >= 4 is 27.3 Å². The summed E-state index contributed by atoms with van der Waals surface area (Å²) in [4.78, 5) is 11.3. The number of rotatable bonds is 3. The van der Waals surface area contributed by atoms with Gasteiger partial charge in [0.25, 0.3) is 10.0 Å². The van der Waals surface area contributed by atoms with Crippen LogP contribution in [0.1, 0.15) is 22.5 Å². The van der Waals surface area contributed by atoms with E-state index in [-0.39, 0.29) is 10.8 Å². The minimum atomic E-state index is -4.30. The van der Waals surface area contributed by atoms with Crippen LogP contribution >= 0.6 is 11.6 Å². The first-order chi connectivity index (χ1) is 13.7. The van der Waals surface area contributed by atoms with Gasteiger partial charge in [-0.1, -0.05) is 23.4 Å². The van der Waals surface area contributed by atoms with E-state index in [1.165, 1.54) is 18.6 Å². The SMILES string of the molecule is Cc1ncc(C#Cc2c(C)ncnc2Cl)cc1NS(=O)(=O)c1ccc(F)cc1F. The van der Waals surface area contributed by atoms with E-state index in [9.17, 15) is 17.2 Å². The maximum Gasteiger partial charge on any atom is 0.264 e. The van der Waals surface area contributed by atoms with Gasteiger partial charge in [-0.3, -0.25) is 9.71 Å². The first-order valence-electron chi connectivity index (χ1n) is 8.11. The summed E-state index contributed by atoms with van der Waals surface area (Å²) in [6.45, 7) is 3.30. The van der Waals surface area contributed by atoms with Gasteiger partial charge < -0.3 is 0 Å².